The average Bonchev–Trinajstić information content (AvgIpc) is 2.65. The van der Waals surface area contributed by atoms with Crippen LogP contribution in [0.4, 0.5) is 0 Å². The van der Waals surface area contributed by atoms with E-state index in [2.05, 4.69) is 29.5 Å². The Labute approximate surface area is 102 Å². The highest BCUT2D eigenvalue weighted by Gasteiger charge is 2.12. The van der Waals surface area contributed by atoms with Crippen LogP contribution in [-0.4, -0.2) is 26.9 Å². The SMILES string of the molecule is CC(N)c1cn(CC(=O)NC(C)C(C)C)nn1. The van der Waals surface area contributed by atoms with E-state index in [0.29, 0.717) is 11.6 Å². The molecule has 0 aliphatic heterocycles. The molecule has 0 saturated heterocycles. The van der Waals surface area contributed by atoms with Crippen LogP contribution in [0, 0.1) is 5.92 Å². The topological polar surface area (TPSA) is 85.8 Å². The predicted octanol–water partition coefficient (Wildman–Crippen LogP) is 0.459. The molecule has 0 aliphatic carbocycles. The Morgan fingerprint density at radius 3 is 2.59 bits per heavy atom. The van der Waals surface area contributed by atoms with Gasteiger partial charge in [-0.05, 0) is 19.8 Å². The maximum atomic E-state index is 11.7. The molecule has 6 nitrogen and oxygen atoms in total. The van der Waals surface area contributed by atoms with E-state index in [1.54, 1.807) is 6.20 Å². The van der Waals surface area contributed by atoms with Crippen LogP contribution in [0.25, 0.3) is 0 Å². The van der Waals surface area contributed by atoms with Crippen molar-refractivity contribution in [1.82, 2.24) is 20.3 Å². The highest BCUT2D eigenvalue weighted by molar-refractivity contribution is 5.75. The maximum absolute atomic E-state index is 11.7. The summed E-state index contributed by atoms with van der Waals surface area (Å²) in [6.07, 6.45) is 1.70. The lowest BCUT2D eigenvalue weighted by atomic mass is 10.1. The molecule has 17 heavy (non-hydrogen) atoms. The van der Waals surface area contributed by atoms with Gasteiger partial charge in [-0.15, -0.1) is 5.10 Å². The van der Waals surface area contributed by atoms with Crippen LogP contribution in [0.3, 0.4) is 0 Å². The standard InChI is InChI=1S/C11H21N5O/c1-7(2)9(4)13-11(17)6-16-5-10(8(3)12)14-15-16/h5,7-9H,6,12H2,1-4H3,(H,13,17). The second kappa shape index (κ2) is 5.77. The molecule has 1 rings (SSSR count). The molecule has 0 aliphatic rings. The molecule has 1 heterocycles. The van der Waals surface area contributed by atoms with Crippen molar-refractivity contribution in [2.24, 2.45) is 11.7 Å². The predicted molar refractivity (Wildman–Crippen MR) is 65.1 cm³/mol. The van der Waals surface area contributed by atoms with Crippen molar-refractivity contribution in [3.8, 4) is 0 Å². The van der Waals surface area contributed by atoms with Gasteiger partial charge in [0.1, 0.15) is 6.54 Å². The summed E-state index contributed by atoms with van der Waals surface area (Å²) in [7, 11) is 0. The third kappa shape index (κ3) is 4.14. The van der Waals surface area contributed by atoms with E-state index in [-0.39, 0.29) is 24.5 Å². The zero-order valence-corrected chi connectivity index (χ0v) is 10.8. The number of carbonyl (C=O) groups excluding carboxylic acids is 1. The summed E-state index contributed by atoms with van der Waals surface area (Å²) in [6, 6.07) is -0.0136. The van der Waals surface area contributed by atoms with Gasteiger partial charge in [0.25, 0.3) is 0 Å². The molecule has 0 spiro atoms. The van der Waals surface area contributed by atoms with Crippen molar-refractivity contribution < 1.29 is 4.79 Å². The van der Waals surface area contributed by atoms with Gasteiger partial charge in [-0.1, -0.05) is 19.1 Å². The fourth-order valence-corrected chi connectivity index (χ4v) is 1.21. The van der Waals surface area contributed by atoms with E-state index >= 15 is 0 Å². The largest absolute Gasteiger partial charge is 0.352 e. The fourth-order valence-electron chi connectivity index (χ4n) is 1.21. The summed E-state index contributed by atoms with van der Waals surface area (Å²) in [6.45, 7) is 8.12. The zero-order valence-electron chi connectivity index (χ0n) is 10.8. The molecule has 6 heteroatoms. The van der Waals surface area contributed by atoms with Gasteiger partial charge in [-0.2, -0.15) is 0 Å². The highest BCUT2D eigenvalue weighted by Crippen LogP contribution is 2.03. The number of rotatable bonds is 5. The molecular formula is C11H21N5O. The van der Waals surface area contributed by atoms with Crippen LogP contribution in [0.5, 0.6) is 0 Å². The van der Waals surface area contributed by atoms with E-state index in [4.69, 9.17) is 5.73 Å². The van der Waals surface area contributed by atoms with Crippen molar-refractivity contribution >= 4 is 5.91 Å². The Balaban J connectivity index is 2.50. The highest BCUT2D eigenvalue weighted by atomic mass is 16.2. The molecule has 0 radical (unpaired) electrons. The van der Waals surface area contributed by atoms with Crippen LogP contribution < -0.4 is 11.1 Å². The lowest BCUT2D eigenvalue weighted by Gasteiger charge is -2.17. The minimum absolute atomic E-state index is 0.0627. The second-order valence-corrected chi connectivity index (χ2v) is 4.73. The van der Waals surface area contributed by atoms with Crippen LogP contribution in [0.1, 0.15) is 39.4 Å². The molecule has 1 aromatic heterocycles. The Morgan fingerprint density at radius 1 is 1.47 bits per heavy atom. The van der Waals surface area contributed by atoms with Gasteiger partial charge < -0.3 is 11.1 Å². The van der Waals surface area contributed by atoms with E-state index in [1.807, 2.05) is 13.8 Å². The summed E-state index contributed by atoms with van der Waals surface area (Å²) in [5.41, 5.74) is 6.35. The van der Waals surface area contributed by atoms with Crippen molar-refractivity contribution in [2.75, 3.05) is 0 Å². The van der Waals surface area contributed by atoms with E-state index in [1.165, 1.54) is 4.68 Å². The number of carbonyl (C=O) groups is 1. The number of amides is 1. The molecule has 0 aromatic carbocycles. The molecule has 0 bridgehead atoms. The number of hydrogen-bond donors (Lipinski definition) is 2. The number of aromatic nitrogens is 3. The van der Waals surface area contributed by atoms with Gasteiger partial charge in [-0.3, -0.25) is 4.79 Å². The molecule has 96 valence electrons. The average molecular weight is 239 g/mol. The van der Waals surface area contributed by atoms with Gasteiger partial charge in [0.15, 0.2) is 0 Å². The molecule has 3 N–H and O–H groups in total. The normalized spacial score (nSPS) is 14.7. The molecule has 1 amide bonds. The van der Waals surface area contributed by atoms with E-state index < -0.39 is 0 Å². The summed E-state index contributed by atoms with van der Waals surface area (Å²) < 4.78 is 1.50. The molecule has 2 unspecified atom stereocenters. The Kier molecular flexibility index (Phi) is 4.62. The van der Waals surface area contributed by atoms with Crippen LogP contribution in [-0.2, 0) is 11.3 Å². The van der Waals surface area contributed by atoms with E-state index in [0.717, 1.165) is 0 Å². The van der Waals surface area contributed by atoms with Crippen LogP contribution >= 0.6 is 0 Å². The summed E-state index contributed by atoms with van der Waals surface area (Å²) in [5, 5.41) is 10.7. The lowest BCUT2D eigenvalue weighted by molar-refractivity contribution is -0.122. The first-order valence-electron chi connectivity index (χ1n) is 5.85. The summed E-state index contributed by atoms with van der Waals surface area (Å²) in [4.78, 5) is 11.7. The second-order valence-electron chi connectivity index (χ2n) is 4.73. The number of nitrogens with one attached hydrogen (secondary N) is 1. The summed E-state index contributed by atoms with van der Waals surface area (Å²) >= 11 is 0. The first-order chi connectivity index (χ1) is 7.90. The Hall–Kier alpha value is -1.43. The van der Waals surface area contributed by atoms with Gasteiger partial charge >= 0.3 is 0 Å². The molecule has 1 aromatic rings. The first-order valence-corrected chi connectivity index (χ1v) is 5.85. The monoisotopic (exact) mass is 239 g/mol. The third-order valence-electron chi connectivity index (χ3n) is 2.72. The number of hydrogen-bond acceptors (Lipinski definition) is 4. The third-order valence-corrected chi connectivity index (χ3v) is 2.72. The molecule has 0 fully saturated rings. The van der Waals surface area contributed by atoms with Crippen molar-refractivity contribution in [1.29, 1.82) is 0 Å². The van der Waals surface area contributed by atoms with E-state index in [9.17, 15) is 4.79 Å². The smallest absolute Gasteiger partial charge is 0.242 e. The fraction of sp³-hybridized carbons (Fsp3) is 0.727. The molecule has 2 atom stereocenters. The molecular weight excluding hydrogens is 218 g/mol. The molecule has 0 saturated carbocycles. The Morgan fingerprint density at radius 2 is 2.12 bits per heavy atom. The van der Waals surface area contributed by atoms with Gasteiger partial charge in [0.2, 0.25) is 5.91 Å². The first kappa shape index (κ1) is 13.6. The van der Waals surface area contributed by atoms with Crippen LogP contribution in [0.15, 0.2) is 6.20 Å². The van der Waals surface area contributed by atoms with Crippen molar-refractivity contribution in [3.05, 3.63) is 11.9 Å². The van der Waals surface area contributed by atoms with Gasteiger partial charge in [-0.25, -0.2) is 4.68 Å². The van der Waals surface area contributed by atoms with Crippen molar-refractivity contribution in [2.45, 2.75) is 46.3 Å². The number of nitrogens with zero attached hydrogens (tertiary/aromatic N) is 3. The zero-order chi connectivity index (χ0) is 13.0. The quantitative estimate of drug-likeness (QED) is 0.781. The van der Waals surface area contributed by atoms with Gasteiger partial charge in [0.05, 0.1) is 11.9 Å². The maximum Gasteiger partial charge on any atom is 0.242 e. The Bertz CT molecular complexity index is 372. The van der Waals surface area contributed by atoms with Crippen LogP contribution in [0.2, 0.25) is 0 Å². The number of nitrogens with two attached hydrogens (primary N) is 1. The van der Waals surface area contributed by atoms with Crippen molar-refractivity contribution in [3.63, 3.8) is 0 Å². The summed E-state index contributed by atoms with van der Waals surface area (Å²) in [5.74, 6) is 0.349. The minimum atomic E-state index is -0.165. The lowest BCUT2D eigenvalue weighted by Crippen LogP contribution is -2.38. The minimum Gasteiger partial charge on any atom is -0.352 e. The van der Waals surface area contributed by atoms with Gasteiger partial charge in [0, 0.05) is 12.1 Å².